The van der Waals surface area contributed by atoms with Gasteiger partial charge in [-0.1, -0.05) is 6.07 Å². The lowest BCUT2D eigenvalue weighted by atomic mass is 10.2. The average Bonchev–Trinajstić information content (AvgIpc) is 2.30. The number of hydrogen-bond donors (Lipinski definition) is 2. The molecule has 0 aromatic carbocycles. The lowest BCUT2D eigenvalue weighted by Gasteiger charge is -2.22. The van der Waals surface area contributed by atoms with Gasteiger partial charge in [-0.05, 0) is 25.6 Å². The highest BCUT2D eigenvalue weighted by Crippen LogP contribution is 2.09. The number of nitrogen functional groups attached to an aromatic ring is 1. The van der Waals surface area contributed by atoms with Crippen molar-refractivity contribution in [2.45, 2.75) is 25.9 Å². The van der Waals surface area contributed by atoms with E-state index < -0.39 is 0 Å². The van der Waals surface area contributed by atoms with E-state index in [1.54, 1.807) is 6.20 Å². The first kappa shape index (κ1) is 12.4. The number of nitrogens with one attached hydrogen (secondary N) is 1. The summed E-state index contributed by atoms with van der Waals surface area (Å²) in [7, 11) is 2.00. The van der Waals surface area contributed by atoms with E-state index in [2.05, 4.69) is 21.4 Å². The fraction of sp³-hybridized carbons (Fsp3) is 0.455. The van der Waals surface area contributed by atoms with Crippen molar-refractivity contribution in [3.63, 3.8) is 0 Å². The Labute approximate surface area is 95.9 Å². The summed E-state index contributed by atoms with van der Waals surface area (Å²) in [6, 6.07) is 6.22. The van der Waals surface area contributed by atoms with E-state index in [0.29, 0.717) is 12.2 Å². The highest BCUT2D eigenvalue weighted by atomic mass is 15.2. The molecule has 0 fully saturated rings. The molecular weight excluding hydrogens is 202 g/mol. The third-order valence-electron chi connectivity index (χ3n) is 2.54. The average molecular weight is 219 g/mol. The summed E-state index contributed by atoms with van der Waals surface area (Å²) in [5.41, 5.74) is 3.59. The molecule has 1 atom stereocenters. The first-order valence-corrected chi connectivity index (χ1v) is 5.16. The van der Waals surface area contributed by atoms with Gasteiger partial charge in [0.2, 0.25) is 0 Å². The molecule has 1 unspecified atom stereocenters. The number of nitriles is 1. The van der Waals surface area contributed by atoms with E-state index in [4.69, 9.17) is 11.1 Å². The molecule has 1 aromatic rings. The maximum absolute atomic E-state index is 8.61. The second-order valence-corrected chi connectivity index (χ2v) is 3.82. The van der Waals surface area contributed by atoms with Gasteiger partial charge in [-0.15, -0.1) is 0 Å². The van der Waals surface area contributed by atoms with E-state index in [1.165, 1.54) is 0 Å². The molecule has 0 aliphatic rings. The first-order valence-electron chi connectivity index (χ1n) is 5.16. The van der Waals surface area contributed by atoms with Crippen molar-refractivity contribution in [3.8, 4) is 6.07 Å². The Hall–Kier alpha value is -1.64. The maximum Gasteiger partial charge on any atom is 0.139 e. The van der Waals surface area contributed by atoms with Crippen LogP contribution in [0, 0.1) is 11.3 Å². The Morgan fingerprint density at radius 2 is 2.38 bits per heavy atom. The van der Waals surface area contributed by atoms with Crippen LogP contribution in [0.25, 0.3) is 0 Å². The molecular formula is C11H17N5. The van der Waals surface area contributed by atoms with Crippen LogP contribution < -0.4 is 11.3 Å². The summed E-state index contributed by atoms with van der Waals surface area (Å²) < 4.78 is 0. The Bertz CT molecular complexity index is 354. The van der Waals surface area contributed by atoms with Crippen LogP contribution in [-0.4, -0.2) is 23.0 Å². The summed E-state index contributed by atoms with van der Waals surface area (Å²) >= 11 is 0. The Morgan fingerprint density at radius 3 is 2.88 bits per heavy atom. The number of anilines is 1. The molecule has 3 N–H and O–H groups in total. The smallest absolute Gasteiger partial charge is 0.139 e. The minimum absolute atomic E-state index is 0.248. The quantitative estimate of drug-likeness (QED) is 0.572. The summed E-state index contributed by atoms with van der Waals surface area (Å²) in [4.78, 5) is 6.25. The van der Waals surface area contributed by atoms with Crippen molar-refractivity contribution in [2.24, 2.45) is 5.84 Å². The summed E-state index contributed by atoms with van der Waals surface area (Å²) in [6.45, 7) is 2.81. The third-order valence-corrected chi connectivity index (χ3v) is 2.54. The van der Waals surface area contributed by atoms with Crippen molar-refractivity contribution in [2.75, 3.05) is 12.5 Å². The second kappa shape index (κ2) is 6.05. The van der Waals surface area contributed by atoms with Gasteiger partial charge in [-0.3, -0.25) is 4.90 Å². The van der Waals surface area contributed by atoms with Crippen LogP contribution in [0.15, 0.2) is 18.3 Å². The van der Waals surface area contributed by atoms with Gasteiger partial charge in [0.15, 0.2) is 0 Å². The fourth-order valence-electron chi connectivity index (χ4n) is 1.34. The molecule has 5 nitrogen and oxygen atoms in total. The zero-order valence-corrected chi connectivity index (χ0v) is 9.64. The van der Waals surface area contributed by atoms with E-state index in [1.807, 2.05) is 26.1 Å². The minimum Gasteiger partial charge on any atom is -0.308 e. The Balaban J connectivity index is 2.56. The standard InChI is InChI=1S/C11H17N5/c1-9(5-6-12)16(2)8-10-3-4-11(15-13)14-7-10/h3-4,7,9H,5,8,13H2,1-2H3,(H,14,15). The van der Waals surface area contributed by atoms with Crippen molar-refractivity contribution in [1.82, 2.24) is 9.88 Å². The van der Waals surface area contributed by atoms with Crippen LogP contribution in [0.3, 0.4) is 0 Å². The van der Waals surface area contributed by atoms with Gasteiger partial charge in [0.1, 0.15) is 5.82 Å². The summed E-state index contributed by atoms with van der Waals surface area (Å²) in [5, 5.41) is 8.61. The van der Waals surface area contributed by atoms with Crippen molar-refractivity contribution in [1.29, 1.82) is 5.26 Å². The second-order valence-electron chi connectivity index (χ2n) is 3.82. The van der Waals surface area contributed by atoms with Gasteiger partial charge in [0.25, 0.3) is 0 Å². The van der Waals surface area contributed by atoms with Gasteiger partial charge >= 0.3 is 0 Å². The van der Waals surface area contributed by atoms with E-state index in [9.17, 15) is 0 Å². The van der Waals surface area contributed by atoms with Crippen LogP contribution in [0.1, 0.15) is 18.9 Å². The molecule has 1 rings (SSSR count). The zero-order valence-electron chi connectivity index (χ0n) is 9.64. The highest BCUT2D eigenvalue weighted by molar-refractivity contribution is 5.33. The molecule has 0 aliphatic carbocycles. The molecule has 86 valence electrons. The van der Waals surface area contributed by atoms with Crippen LogP contribution in [-0.2, 0) is 6.54 Å². The number of hydrazine groups is 1. The number of nitrogens with two attached hydrogens (primary N) is 1. The van der Waals surface area contributed by atoms with Gasteiger partial charge in [-0.25, -0.2) is 10.8 Å². The van der Waals surface area contributed by atoms with E-state index >= 15 is 0 Å². The van der Waals surface area contributed by atoms with Crippen LogP contribution in [0.2, 0.25) is 0 Å². The molecule has 5 heteroatoms. The lowest BCUT2D eigenvalue weighted by molar-refractivity contribution is 0.252. The predicted octanol–water partition coefficient (Wildman–Crippen LogP) is 1.10. The number of aromatic nitrogens is 1. The van der Waals surface area contributed by atoms with E-state index in [-0.39, 0.29) is 6.04 Å². The van der Waals surface area contributed by atoms with Gasteiger partial charge in [0, 0.05) is 18.8 Å². The highest BCUT2D eigenvalue weighted by Gasteiger charge is 2.08. The largest absolute Gasteiger partial charge is 0.308 e. The van der Waals surface area contributed by atoms with Crippen molar-refractivity contribution in [3.05, 3.63) is 23.9 Å². The molecule has 0 saturated carbocycles. The molecule has 0 amide bonds. The Kier molecular flexibility index (Phi) is 4.70. The third kappa shape index (κ3) is 3.50. The number of hydrogen-bond acceptors (Lipinski definition) is 5. The van der Waals surface area contributed by atoms with Crippen molar-refractivity contribution < 1.29 is 0 Å². The van der Waals surface area contributed by atoms with E-state index in [0.717, 1.165) is 12.1 Å². The summed E-state index contributed by atoms with van der Waals surface area (Å²) in [5.74, 6) is 5.88. The normalized spacial score (nSPS) is 12.2. The predicted molar refractivity (Wildman–Crippen MR) is 63.2 cm³/mol. The first-order chi connectivity index (χ1) is 7.67. The topological polar surface area (TPSA) is 78.0 Å². The monoisotopic (exact) mass is 219 g/mol. The molecule has 0 bridgehead atoms. The lowest BCUT2D eigenvalue weighted by Crippen LogP contribution is -2.28. The Morgan fingerprint density at radius 1 is 1.62 bits per heavy atom. The van der Waals surface area contributed by atoms with Crippen LogP contribution in [0.4, 0.5) is 5.82 Å². The molecule has 0 radical (unpaired) electrons. The SMILES string of the molecule is CC(CC#N)N(C)Cc1ccc(NN)nc1. The van der Waals surface area contributed by atoms with Gasteiger partial charge in [-0.2, -0.15) is 5.26 Å². The zero-order chi connectivity index (χ0) is 12.0. The molecule has 0 aliphatic heterocycles. The number of pyridine rings is 1. The number of nitrogens with zero attached hydrogens (tertiary/aromatic N) is 3. The molecule has 1 aromatic heterocycles. The molecule has 1 heterocycles. The minimum atomic E-state index is 0.248. The van der Waals surface area contributed by atoms with Gasteiger partial charge < -0.3 is 5.43 Å². The van der Waals surface area contributed by atoms with Gasteiger partial charge in [0.05, 0.1) is 12.5 Å². The molecule has 0 saturated heterocycles. The van der Waals surface area contributed by atoms with Crippen LogP contribution >= 0.6 is 0 Å². The van der Waals surface area contributed by atoms with Crippen LogP contribution in [0.5, 0.6) is 0 Å². The fourth-order valence-corrected chi connectivity index (χ4v) is 1.34. The number of rotatable bonds is 5. The molecule has 16 heavy (non-hydrogen) atoms. The van der Waals surface area contributed by atoms with Crippen molar-refractivity contribution >= 4 is 5.82 Å². The maximum atomic E-state index is 8.61. The summed E-state index contributed by atoms with van der Waals surface area (Å²) in [6.07, 6.45) is 2.32. The molecule has 0 spiro atoms.